The molecule has 1 heterocycles. The predicted octanol–water partition coefficient (Wildman–Crippen LogP) is 2.96. The molecule has 1 rings (SSSR count). The molecule has 0 aliphatic carbocycles. The Bertz CT molecular complexity index is 397. The lowest BCUT2D eigenvalue weighted by atomic mass is 10.2. The molecule has 0 spiro atoms. The Morgan fingerprint density at radius 1 is 1.38 bits per heavy atom. The topological polar surface area (TPSA) is 59.6 Å². The number of nitrogens with one attached hydrogen (secondary N) is 1. The molecule has 1 N–H and O–H groups in total. The fourth-order valence-electron chi connectivity index (χ4n) is 1.39. The first-order valence-corrected chi connectivity index (χ1v) is 6.19. The van der Waals surface area contributed by atoms with E-state index in [-0.39, 0.29) is 6.04 Å². The molecule has 1 aromatic heterocycles. The minimum atomic E-state index is 0.286. The maximum Gasteiger partial charge on any atom is 0.110 e. The lowest BCUT2D eigenvalue weighted by Gasteiger charge is -2.11. The van der Waals surface area contributed by atoms with Crippen LogP contribution in [0.25, 0.3) is 0 Å². The van der Waals surface area contributed by atoms with Crippen LogP contribution in [-0.4, -0.2) is 6.54 Å². The normalized spacial score (nSPS) is 11.7. The number of nitriles is 2. The van der Waals surface area contributed by atoms with Crippen molar-refractivity contribution in [1.29, 1.82) is 10.5 Å². The lowest BCUT2D eigenvalue weighted by Crippen LogP contribution is -2.18. The fourth-order valence-corrected chi connectivity index (χ4v) is 2.23. The molecule has 0 amide bonds. The first-order valence-electron chi connectivity index (χ1n) is 5.38. The van der Waals surface area contributed by atoms with E-state index in [2.05, 4.69) is 24.4 Å². The van der Waals surface area contributed by atoms with Gasteiger partial charge in [-0.1, -0.05) is 0 Å². The van der Waals surface area contributed by atoms with Crippen LogP contribution >= 0.6 is 11.3 Å². The third-order valence-electron chi connectivity index (χ3n) is 2.33. The number of unbranched alkanes of at least 4 members (excludes halogenated alkanes) is 2. The van der Waals surface area contributed by atoms with Gasteiger partial charge < -0.3 is 5.32 Å². The summed E-state index contributed by atoms with van der Waals surface area (Å²) in [5.74, 6) is 0. The number of rotatable bonds is 6. The van der Waals surface area contributed by atoms with Crippen molar-refractivity contribution >= 4 is 11.3 Å². The molecule has 4 heteroatoms. The van der Waals surface area contributed by atoms with Gasteiger partial charge in [-0.25, -0.2) is 0 Å². The standard InChI is InChI=1S/C12H15N3S/c1-10(15-8-4-2-3-7-13)12-6-5-11(9-14)16-12/h5-6,10,15H,2-4,8H2,1H3. The maximum absolute atomic E-state index is 8.72. The van der Waals surface area contributed by atoms with Crippen LogP contribution in [-0.2, 0) is 0 Å². The highest BCUT2D eigenvalue weighted by Gasteiger charge is 2.07. The summed E-state index contributed by atoms with van der Waals surface area (Å²) in [5.41, 5.74) is 0. The molecule has 0 radical (unpaired) electrons. The highest BCUT2D eigenvalue weighted by atomic mass is 32.1. The van der Waals surface area contributed by atoms with Gasteiger partial charge in [-0.15, -0.1) is 11.3 Å². The van der Waals surface area contributed by atoms with Crippen LogP contribution in [0.3, 0.4) is 0 Å². The van der Waals surface area contributed by atoms with Gasteiger partial charge in [-0.05, 0) is 38.4 Å². The molecule has 1 unspecified atom stereocenters. The average molecular weight is 233 g/mol. The second-order valence-electron chi connectivity index (χ2n) is 3.60. The van der Waals surface area contributed by atoms with Crippen molar-refractivity contribution in [2.75, 3.05) is 6.54 Å². The SMILES string of the molecule is CC(NCCCCC#N)c1ccc(C#N)s1. The summed E-state index contributed by atoms with van der Waals surface area (Å²) in [6.07, 6.45) is 2.60. The van der Waals surface area contributed by atoms with E-state index < -0.39 is 0 Å². The number of hydrogen-bond acceptors (Lipinski definition) is 4. The number of hydrogen-bond donors (Lipinski definition) is 1. The molecule has 0 fully saturated rings. The van der Waals surface area contributed by atoms with Crippen molar-refractivity contribution in [3.8, 4) is 12.1 Å². The van der Waals surface area contributed by atoms with Crippen molar-refractivity contribution in [3.63, 3.8) is 0 Å². The minimum Gasteiger partial charge on any atom is -0.309 e. The summed E-state index contributed by atoms with van der Waals surface area (Å²) in [6.45, 7) is 3.01. The van der Waals surface area contributed by atoms with E-state index in [9.17, 15) is 0 Å². The lowest BCUT2D eigenvalue weighted by molar-refractivity contribution is 0.555. The molecule has 0 aromatic carbocycles. The summed E-state index contributed by atoms with van der Waals surface area (Å²) < 4.78 is 0. The highest BCUT2D eigenvalue weighted by Crippen LogP contribution is 2.22. The van der Waals surface area contributed by atoms with E-state index in [0.29, 0.717) is 6.42 Å². The van der Waals surface area contributed by atoms with Crippen LogP contribution < -0.4 is 5.32 Å². The van der Waals surface area contributed by atoms with Crippen LogP contribution in [0.15, 0.2) is 12.1 Å². The monoisotopic (exact) mass is 233 g/mol. The first-order chi connectivity index (χ1) is 7.77. The summed E-state index contributed by atoms with van der Waals surface area (Å²) in [4.78, 5) is 1.95. The minimum absolute atomic E-state index is 0.286. The molecule has 0 aliphatic heterocycles. The number of thiophene rings is 1. The van der Waals surface area contributed by atoms with Gasteiger partial charge in [0.1, 0.15) is 10.9 Å². The molecule has 0 saturated carbocycles. The molecule has 0 saturated heterocycles. The molecular formula is C12H15N3S. The largest absolute Gasteiger partial charge is 0.309 e. The van der Waals surface area contributed by atoms with Crippen molar-refractivity contribution < 1.29 is 0 Å². The molecule has 0 bridgehead atoms. The molecule has 0 aliphatic rings. The Kier molecular flexibility index (Phi) is 5.56. The van der Waals surface area contributed by atoms with Crippen molar-refractivity contribution in [1.82, 2.24) is 5.32 Å². The zero-order valence-electron chi connectivity index (χ0n) is 9.36. The molecule has 16 heavy (non-hydrogen) atoms. The van der Waals surface area contributed by atoms with Crippen molar-refractivity contribution in [3.05, 3.63) is 21.9 Å². The van der Waals surface area contributed by atoms with Gasteiger partial charge in [-0.2, -0.15) is 10.5 Å². The average Bonchev–Trinajstić information content (AvgIpc) is 2.77. The van der Waals surface area contributed by atoms with Crippen molar-refractivity contribution in [2.45, 2.75) is 32.2 Å². The van der Waals surface area contributed by atoms with Crippen molar-refractivity contribution in [2.24, 2.45) is 0 Å². The third-order valence-corrected chi connectivity index (χ3v) is 3.50. The Morgan fingerprint density at radius 2 is 2.19 bits per heavy atom. The zero-order valence-corrected chi connectivity index (χ0v) is 10.2. The molecule has 3 nitrogen and oxygen atoms in total. The van der Waals surface area contributed by atoms with Crippen LogP contribution in [0.5, 0.6) is 0 Å². The van der Waals surface area contributed by atoms with Crippen LogP contribution in [0.4, 0.5) is 0 Å². The molecule has 84 valence electrons. The summed E-state index contributed by atoms with van der Waals surface area (Å²) in [5, 5.41) is 20.5. The Morgan fingerprint density at radius 3 is 2.81 bits per heavy atom. The van der Waals surface area contributed by atoms with E-state index in [1.165, 1.54) is 16.2 Å². The molecule has 1 atom stereocenters. The van der Waals surface area contributed by atoms with Gasteiger partial charge in [0.05, 0.1) is 6.07 Å². The van der Waals surface area contributed by atoms with E-state index in [1.54, 1.807) is 0 Å². The number of nitrogens with zero attached hydrogens (tertiary/aromatic N) is 2. The van der Waals surface area contributed by atoms with Gasteiger partial charge >= 0.3 is 0 Å². The van der Waals surface area contributed by atoms with E-state index in [1.807, 2.05) is 12.1 Å². The van der Waals surface area contributed by atoms with Gasteiger partial charge in [0.15, 0.2) is 0 Å². The zero-order chi connectivity index (χ0) is 11.8. The van der Waals surface area contributed by atoms with E-state index in [0.717, 1.165) is 24.3 Å². The van der Waals surface area contributed by atoms with E-state index >= 15 is 0 Å². The Labute approximate surface area is 100 Å². The summed E-state index contributed by atoms with van der Waals surface area (Å²) >= 11 is 1.53. The quantitative estimate of drug-likeness (QED) is 0.768. The van der Waals surface area contributed by atoms with Gasteiger partial charge in [0, 0.05) is 17.3 Å². The fraction of sp³-hybridized carbons (Fsp3) is 0.500. The molecular weight excluding hydrogens is 218 g/mol. The van der Waals surface area contributed by atoms with Crippen LogP contribution in [0, 0.1) is 22.7 Å². The van der Waals surface area contributed by atoms with Gasteiger partial charge in [0.25, 0.3) is 0 Å². The Hall–Kier alpha value is -1.36. The van der Waals surface area contributed by atoms with Gasteiger partial charge in [-0.3, -0.25) is 0 Å². The highest BCUT2D eigenvalue weighted by molar-refractivity contribution is 7.12. The first kappa shape index (κ1) is 12.7. The second-order valence-corrected chi connectivity index (χ2v) is 4.72. The second kappa shape index (κ2) is 7.00. The van der Waals surface area contributed by atoms with E-state index in [4.69, 9.17) is 10.5 Å². The molecule has 1 aromatic rings. The summed E-state index contributed by atoms with van der Waals surface area (Å²) in [7, 11) is 0. The third kappa shape index (κ3) is 4.02. The Balaban J connectivity index is 2.28. The summed E-state index contributed by atoms with van der Waals surface area (Å²) in [6, 6.07) is 8.42. The van der Waals surface area contributed by atoms with Crippen LogP contribution in [0.2, 0.25) is 0 Å². The van der Waals surface area contributed by atoms with Crippen LogP contribution in [0.1, 0.15) is 42.0 Å². The maximum atomic E-state index is 8.72. The smallest absolute Gasteiger partial charge is 0.110 e. The predicted molar refractivity (Wildman–Crippen MR) is 64.9 cm³/mol. The van der Waals surface area contributed by atoms with Gasteiger partial charge in [0.2, 0.25) is 0 Å².